The van der Waals surface area contributed by atoms with Crippen LogP contribution in [-0.4, -0.2) is 12.5 Å². The van der Waals surface area contributed by atoms with Gasteiger partial charge in [0.05, 0.1) is 6.04 Å². The van der Waals surface area contributed by atoms with E-state index in [1.807, 2.05) is 0 Å². The van der Waals surface area contributed by atoms with Gasteiger partial charge in [-0.25, -0.2) is 13.2 Å². The van der Waals surface area contributed by atoms with Gasteiger partial charge < -0.3 is 5.32 Å². The molecule has 1 atom stereocenters. The molecule has 0 aliphatic heterocycles. The van der Waals surface area contributed by atoms with Crippen molar-refractivity contribution in [3.05, 3.63) is 35.6 Å². The fourth-order valence-electron chi connectivity index (χ4n) is 1.01. The third kappa shape index (κ3) is 3.38. The quantitative estimate of drug-likeness (QED) is 0.793. The zero-order valence-electron chi connectivity index (χ0n) is 7.81. The van der Waals surface area contributed by atoms with E-state index in [2.05, 4.69) is 5.32 Å². The fourth-order valence-corrected chi connectivity index (χ4v) is 1.01. The Labute approximate surface area is 80.9 Å². The van der Waals surface area contributed by atoms with Crippen molar-refractivity contribution >= 4 is 0 Å². The first-order valence-corrected chi connectivity index (χ1v) is 4.35. The van der Waals surface area contributed by atoms with Gasteiger partial charge in [0.15, 0.2) is 0 Å². The predicted octanol–water partition coefficient (Wildman–Crippen LogP) is 2.57. The van der Waals surface area contributed by atoms with Crippen LogP contribution in [-0.2, 0) is 6.54 Å². The molecule has 0 aliphatic carbocycles. The standard InChI is InChI=1S/C10H12F3N/c1-7(10(12)13)14-6-8-3-2-4-9(11)5-8/h2-5,7,10,14H,6H2,1H3. The van der Waals surface area contributed by atoms with Crippen molar-refractivity contribution in [2.45, 2.75) is 25.9 Å². The Morgan fingerprint density at radius 2 is 2.07 bits per heavy atom. The molecule has 1 rings (SSSR count). The van der Waals surface area contributed by atoms with E-state index in [4.69, 9.17) is 0 Å². The van der Waals surface area contributed by atoms with Crippen LogP contribution in [0.25, 0.3) is 0 Å². The first kappa shape index (κ1) is 11.0. The van der Waals surface area contributed by atoms with E-state index in [-0.39, 0.29) is 12.4 Å². The Hall–Kier alpha value is -1.03. The molecule has 0 amide bonds. The van der Waals surface area contributed by atoms with E-state index in [0.29, 0.717) is 5.56 Å². The maximum Gasteiger partial charge on any atom is 0.253 e. The van der Waals surface area contributed by atoms with E-state index in [1.165, 1.54) is 19.1 Å². The molecule has 1 N–H and O–H groups in total. The highest BCUT2D eigenvalue weighted by molar-refractivity contribution is 5.16. The normalized spacial score (nSPS) is 13.2. The molecule has 1 nitrogen and oxygen atoms in total. The van der Waals surface area contributed by atoms with Crippen LogP contribution < -0.4 is 5.32 Å². The maximum absolute atomic E-state index is 12.7. The van der Waals surface area contributed by atoms with Gasteiger partial charge in [-0.2, -0.15) is 0 Å². The van der Waals surface area contributed by atoms with Crippen molar-refractivity contribution < 1.29 is 13.2 Å². The Balaban J connectivity index is 2.45. The van der Waals surface area contributed by atoms with E-state index in [0.717, 1.165) is 0 Å². The Morgan fingerprint density at radius 3 is 2.64 bits per heavy atom. The lowest BCUT2D eigenvalue weighted by Crippen LogP contribution is -2.31. The molecule has 0 spiro atoms. The summed E-state index contributed by atoms with van der Waals surface area (Å²) >= 11 is 0. The lowest BCUT2D eigenvalue weighted by atomic mass is 10.2. The van der Waals surface area contributed by atoms with Crippen LogP contribution in [0.1, 0.15) is 12.5 Å². The smallest absolute Gasteiger partial charge is 0.253 e. The second kappa shape index (κ2) is 5.00. The van der Waals surface area contributed by atoms with Gasteiger partial charge in [0.2, 0.25) is 0 Å². The van der Waals surface area contributed by atoms with Crippen molar-refractivity contribution in [3.8, 4) is 0 Å². The molecule has 0 saturated heterocycles. The number of hydrogen-bond acceptors (Lipinski definition) is 1. The number of hydrogen-bond donors (Lipinski definition) is 1. The summed E-state index contributed by atoms with van der Waals surface area (Å²) < 4.78 is 36.8. The number of nitrogens with one attached hydrogen (secondary N) is 1. The molecule has 1 aromatic rings. The summed E-state index contributed by atoms with van der Waals surface area (Å²) in [5.41, 5.74) is 0.664. The molecule has 0 heterocycles. The minimum absolute atomic E-state index is 0.253. The molecule has 4 heteroatoms. The van der Waals surface area contributed by atoms with Crippen molar-refractivity contribution in [1.29, 1.82) is 0 Å². The molecule has 78 valence electrons. The van der Waals surface area contributed by atoms with Gasteiger partial charge >= 0.3 is 0 Å². The monoisotopic (exact) mass is 203 g/mol. The minimum Gasteiger partial charge on any atom is -0.305 e. The zero-order chi connectivity index (χ0) is 10.6. The maximum atomic E-state index is 12.7. The van der Waals surface area contributed by atoms with Gasteiger partial charge in [0, 0.05) is 6.54 Å². The van der Waals surface area contributed by atoms with Gasteiger partial charge in [-0.1, -0.05) is 12.1 Å². The first-order valence-electron chi connectivity index (χ1n) is 4.35. The molecule has 14 heavy (non-hydrogen) atoms. The van der Waals surface area contributed by atoms with Gasteiger partial charge in [-0.05, 0) is 24.6 Å². The van der Waals surface area contributed by atoms with E-state index < -0.39 is 12.5 Å². The number of benzene rings is 1. The van der Waals surface area contributed by atoms with E-state index in [9.17, 15) is 13.2 Å². The third-order valence-corrected chi connectivity index (χ3v) is 1.90. The molecular weight excluding hydrogens is 191 g/mol. The molecule has 0 fully saturated rings. The van der Waals surface area contributed by atoms with Crippen molar-refractivity contribution in [1.82, 2.24) is 5.32 Å². The summed E-state index contributed by atoms with van der Waals surface area (Å²) in [4.78, 5) is 0. The van der Waals surface area contributed by atoms with Crippen LogP contribution >= 0.6 is 0 Å². The zero-order valence-corrected chi connectivity index (χ0v) is 7.81. The summed E-state index contributed by atoms with van der Waals surface area (Å²) in [7, 11) is 0. The van der Waals surface area contributed by atoms with E-state index >= 15 is 0 Å². The fraction of sp³-hybridized carbons (Fsp3) is 0.400. The average Bonchev–Trinajstić information content (AvgIpc) is 2.14. The van der Waals surface area contributed by atoms with Crippen molar-refractivity contribution in [2.75, 3.05) is 0 Å². The molecule has 0 saturated carbocycles. The van der Waals surface area contributed by atoms with E-state index in [1.54, 1.807) is 12.1 Å². The van der Waals surface area contributed by atoms with Crippen molar-refractivity contribution in [2.24, 2.45) is 0 Å². The molecule has 0 aliphatic rings. The lowest BCUT2D eigenvalue weighted by molar-refractivity contribution is 0.105. The highest BCUT2D eigenvalue weighted by atomic mass is 19.3. The van der Waals surface area contributed by atoms with Crippen LogP contribution in [0.15, 0.2) is 24.3 Å². The molecule has 1 unspecified atom stereocenters. The highest BCUT2D eigenvalue weighted by Crippen LogP contribution is 2.05. The van der Waals surface area contributed by atoms with Gasteiger partial charge in [0.1, 0.15) is 5.82 Å². The summed E-state index contributed by atoms with van der Waals surface area (Å²) in [6.07, 6.45) is -2.40. The number of alkyl halides is 2. The SMILES string of the molecule is CC(NCc1cccc(F)c1)C(F)F. The first-order chi connectivity index (χ1) is 6.59. The summed E-state index contributed by atoms with van der Waals surface area (Å²) in [6, 6.07) is 5.01. The molecule has 0 radical (unpaired) electrons. The lowest BCUT2D eigenvalue weighted by Gasteiger charge is -2.12. The van der Waals surface area contributed by atoms with Gasteiger partial charge in [-0.15, -0.1) is 0 Å². The molecule has 1 aromatic carbocycles. The van der Waals surface area contributed by atoms with Crippen LogP contribution in [0.2, 0.25) is 0 Å². The molecular formula is C10H12F3N. The average molecular weight is 203 g/mol. The number of rotatable bonds is 4. The summed E-state index contributed by atoms with van der Waals surface area (Å²) in [5, 5.41) is 2.61. The number of halogens is 3. The predicted molar refractivity (Wildman–Crippen MR) is 48.7 cm³/mol. The molecule has 0 aromatic heterocycles. The largest absolute Gasteiger partial charge is 0.305 e. The van der Waals surface area contributed by atoms with Crippen LogP contribution in [0, 0.1) is 5.82 Å². The third-order valence-electron chi connectivity index (χ3n) is 1.90. The van der Waals surface area contributed by atoms with Crippen LogP contribution in [0.5, 0.6) is 0 Å². The minimum atomic E-state index is -2.40. The van der Waals surface area contributed by atoms with Gasteiger partial charge in [-0.3, -0.25) is 0 Å². The topological polar surface area (TPSA) is 12.0 Å². The second-order valence-electron chi connectivity index (χ2n) is 3.13. The van der Waals surface area contributed by atoms with Crippen LogP contribution in [0.3, 0.4) is 0 Å². The Kier molecular flexibility index (Phi) is 3.95. The summed E-state index contributed by atoms with van der Waals surface area (Å²) in [5.74, 6) is -0.353. The Morgan fingerprint density at radius 1 is 1.36 bits per heavy atom. The molecule has 0 bridgehead atoms. The highest BCUT2D eigenvalue weighted by Gasteiger charge is 2.12. The van der Waals surface area contributed by atoms with Crippen molar-refractivity contribution in [3.63, 3.8) is 0 Å². The van der Waals surface area contributed by atoms with Crippen LogP contribution in [0.4, 0.5) is 13.2 Å². The second-order valence-corrected chi connectivity index (χ2v) is 3.13. The van der Waals surface area contributed by atoms with Gasteiger partial charge in [0.25, 0.3) is 6.43 Å². The Bertz CT molecular complexity index is 288. The summed E-state index contributed by atoms with van der Waals surface area (Å²) in [6.45, 7) is 1.65.